The summed E-state index contributed by atoms with van der Waals surface area (Å²) in [4.78, 5) is 12.5. The van der Waals surface area contributed by atoms with E-state index in [9.17, 15) is 15.0 Å². The Bertz CT molecular complexity index is 2740. The zero-order valence-electron chi connectivity index (χ0n) is 41.6. The van der Waals surface area contributed by atoms with Gasteiger partial charge in [-0.25, -0.2) is 0 Å². The zero-order valence-corrected chi connectivity index (χ0v) is 41.6. The minimum atomic E-state index is -1.05. The second-order valence-corrected chi connectivity index (χ2v) is 18.6. The van der Waals surface area contributed by atoms with Gasteiger partial charge in [-0.15, -0.1) is 0 Å². The summed E-state index contributed by atoms with van der Waals surface area (Å²) in [7, 11) is 1.61. The molecule has 3 N–H and O–H groups in total. The number of carbonyl (C=O) groups is 1. The highest BCUT2D eigenvalue weighted by Gasteiger charge is 2.54. The standard InChI is InChI=1S/C62H65NO11/c1-63-61(66)50-29-17-28-49(34-50)48-30-32-51(33-31-48)72-62-57(68-39-44-20-9-3-10-21-44)52(56(54(36-64)74-62)67-38-43-18-7-2-8-19-43)35-53-58(69-40-45-22-11-4-12-23-45)60(71-42-47-26-15-6-16-27-47)59(55(37-65)73-53)70-41-46-24-13-5-14-25-46/h2-34,52-60,62,64-65H,35-42H2,1H3,(H,63,66). The molecule has 74 heavy (non-hydrogen) atoms. The largest absolute Gasteiger partial charge is 0.462 e. The molecule has 10 unspecified atom stereocenters. The van der Waals surface area contributed by atoms with Crippen molar-refractivity contribution in [3.8, 4) is 16.9 Å². The van der Waals surface area contributed by atoms with Crippen LogP contribution in [-0.2, 0) is 66.2 Å². The molecule has 2 saturated heterocycles. The molecular weight excluding hydrogens is 935 g/mol. The molecule has 0 saturated carbocycles. The van der Waals surface area contributed by atoms with Gasteiger partial charge < -0.3 is 53.4 Å². The minimum Gasteiger partial charge on any atom is -0.462 e. The molecule has 0 aromatic heterocycles. The Kier molecular flexibility index (Phi) is 18.8. The van der Waals surface area contributed by atoms with Gasteiger partial charge in [-0.05, 0) is 69.6 Å². The van der Waals surface area contributed by atoms with Crippen LogP contribution in [0.1, 0.15) is 44.6 Å². The minimum absolute atomic E-state index is 0.173. The van der Waals surface area contributed by atoms with E-state index in [0.29, 0.717) is 11.3 Å². The van der Waals surface area contributed by atoms with Gasteiger partial charge in [0.25, 0.3) is 5.91 Å². The van der Waals surface area contributed by atoms with Gasteiger partial charge in [0.15, 0.2) is 0 Å². The maximum Gasteiger partial charge on any atom is 0.251 e. The summed E-state index contributed by atoms with van der Waals surface area (Å²) in [5, 5.41) is 25.3. The van der Waals surface area contributed by atoms with E-state index >= 15 is 0 Å². The van der Waals surface area contributed by atoms with E-state index in [4.69, 9.17) is 37.9 Å². The van der Waals surface area contributed by atoms with Gasteiger partial charge in [0, 0.05) is 18.5 Å². The Hall–Kier alpha value is -6.55. The normalized spacial score (nSPS) is 23.7. The molecule has 0 bridgehead atoms. The lowest BCUT2D eigenvalue weighted by atomic mass is 9.80. The molecular formula is C62H65NO11. The number of amides is 1. The number of aliphatic hydroxyl groups excluding tert-OH is 2. The van der Waals surface area contributed by atoms with Crippen LogP contribution in [0.25, 0.3) is 11.1 Å². The monoisotopic (exact) mass is 999 g/mol. The van der Waals surface area contributed by atoms with Gasteiger partial charge in [-0.1, -0.05) is 176 Å². The summed E-state index contributed by atoms with van der Waals surface area (Å²) < 4.78 is 55.4. The molecule has 12 heteroatoms. The highest BCUT2D eigenvalue weighted by Crippen LogP contribution is 2.41. The van der Waals surface area contributed by atoms with Crippen molar-refractivity contribution in [2.75, 3.05) is 20.3 Å². The van der Waals surface area contributed by atoms with E-state index in [0.717, 1.165) is 38.9 Å². The topological polar surface area (TPSA) is 143 Å². The first-order valence-electron chi connectivity index (χ1n) is 25.4. The smallest absolute Gasteiger partial charge is 0.251 e. The van der Waals surface area contributed by atoms with Crippen LogP contribution in [0.3, 0.4) is 0 Å². The van der Waals surface area contributed by atoms with Crippen molar-refractivity contribution in [1.29, 1.82) is 0 Å². The SMILES string of the molecule is CNC(=O)c1cccc(-c2ccc(OC3OC(CO)C(OCc4ccccc4)C(CC4OC(CO)C(OCc5ccccc5)C(OCc5ccccc5)C4OCc4ccccc4)C3OCc3ccccc3)cc2)c1. The van der Waals surface area contributed by atoms with Crippen LogP contribution in [0.4, 0.5) is 0 Å². The van der Waals surface area contributed by atoms with E-state index in [1.807, 2.05) is 194 Å². The molecule has 384 valence electrons. The zero-order chi connectivity index (χ0) is 50.9. The summed E-state index contributed by atoms with van der Waals surface area (Å²) in [5.41, 5.74) is 7.05. The van der Waals surface area contributed by atoms with Crippen LogP contribution in [0.2, 0.25) is 0 Å². The number of hydrogen-bond donors (Lipinski definition) is 3. The lowest BCUT2D eigenvalue weighted by Crippen LogP contribution is -2.64. The fourth-order valence-electron chi connectivity index (χ4n) is 9.80. The Morgan fingerprint density at radius 2 is 0.865 bits per heavy atom. The molecule has 9 rings (SSSR count). The fraction of sp³-hybridized carbons (Fsp3) is 0.306. The first-order valence-corrected chi connectivity index (χ1v) is 25.4. The molecule has 2 heterocycles. The van der Waals surface area contributed by atoms with Crippen molar-refractivity contribution in [2.24, 2.45) is 5.92 Å². The van der Waals surface area contributed by atoms with Crippen molar-refractivity contribution >= 4 is 5.91 Å². The van der Waals surface area contributed by atoms with Crippen molar-refractivity contribution in [3.63, 3.8) is 0 Å². The number of carbonyl (C=O) groups excluding carboxylic acids is 1. The molecule has 2 fully saturated rings. The van der Waals surface area contributed by atoms with Gasteiger partial charge in [0.2, 0.25) is 6.29 Å². The molecule has 2 aliphatic heterocycles. The van der Waals surface area contributed by atoms with Crippen LogP contribution >= 0.6 is 0 Å². The molecule has 0 aliphatic carbocycles. The average molecular weight is 1000 g/mol. The van der Waals surface area contributed by atoms with Gasteiger partial charge in [-0.3, -0.25) is 4.79 Å². The number of nitrogens with one attached hydrogen (secondary N) is 1. The molecule has 2 aliphatic rings. The number of benzene rings is 7. The second-order valence-electron chi connectivity index (χ2n) is 18.6. The lowest BCUT2D eigenvalue weighted by Gasteiger charge is -2.50. The van der Waals surface area contributed by atoms with Gasteiger partial charge in [-0.2, -0.15) is 0 Å². The number of rotatable bonds is 23. The van der Waals surface area contributed by atoms with Gasteiger partial charge in [0.1, 0.15) is 42.4 Å². The van der Waals surface area contributed by atoms with Gasteiger partial charge >= 0.3 is 0 Å². The summed E-state index contributed by atoms with van der Waals surface area (Å²) >= 11 is 0. The molecule has 12 nitrogen and oxygen atoms in total. The third-order valence-electron chi connectivity index (χ3n) is 13.6. The van der Waals surface area contributed by atoms with E-state index in [-0.39, 0.29) is 52.0 Å². The van der Waals surface area contributed by atoms with E-state index in [2.05, 4.69) is 5.32 Å². The number of ether oxygens (including phenoxy) is 8. The summed E-state index contributed by atoms with van der Waals surface area (Å²) in [6.45, 7) is 0.404. The van der Waals surface area contributed by atoms with Crippen molar-refractivity contribution < 1.29 is 52.9 Å². The molecule has 0 spiro atoms. The average Bonchev–Trinajstić information content (AvgIpc) is 3.46. The Labute approximate surface area is 433 Å². The predicted octanol–water partition coefficient (Wildman–Crippen LogP) is 9.50. The van der Waals surface area contributed by atoms with Crippen LogP contribution < -0.4 is 10.1 Å². The molecule has 1 amide bonds. The van der Waals surface area contributed by atoms with E-state index in [1.165, 1.54) is 0 Å². The van der Waals surface area contributed by atoms with E-state index < -0.39 is 67.6 Å². The molecule has 7 aromatic rings. The Morgan fingerprint density at radius 3 is 1.32 bits per heavy atom. The molecule has 10 atom stereocenters. The molecule has 7 aromatic carbocycles. The van der Waals surface area contributed by atoms with Crippen LogP contribution in [0.15, 0.2) is 200 Å². The third kappa shape index (κ3) is 13.8. The first-order chi connectivity index (χ1) is 36.5. The predicted molar refractivity (Wildman–Crippen MR) is 281 cm³/mol. The summed E-state index contributed by atoms with van der Waals surface area (Å²) in [6, 6.07) is 64.5. The highest BCUT2D eigenvalue weighted by molar-refractivity contribution is 5.95. The summed E-state index contributed by atoms with van der Waals surface area (Å²) in [5.74, 6) is -0.249. The third-order valence-corrected chi connectivity index (χ3v) is 13.6. The number of aliphatic hydroxyl groups is 2. The Morgan fingerprint density at radius 1 is 0.446 bits per heavy atom. The fourth-order valence-corrected chi connectivity index (χ4v) is 9.80. The van der Waals surface area contributed by atoms with Crippen LogP contribution in [0, 0.1) is 5.92 Å². The van der Waals surface area contributed by atoms with Gasteiger partial charge in [0.05, 0.1) is 58.5 Å². The maximum absolute atomic E-state index is 12.5. The van der Waals surface area contributed by atoms with Crippen molar-refractivity contribution in [2.45, 2.75) is 94.6 Å². The first kappa shape index (κ1) is 52.3. The van der Waals surface area contributed by atoms with Crippen LogP contribution in [-0.4, -0.2) is 91.5 Å². The van der Waals surface area contributed by atoms with E-state index in [1.54, 1.807) is 13.1 Å². The number of hydrogen-bond acceptors (Lipinski definition) is 11. The van der Waals surface area contributed by atoms with Crippen molar-refractivity contribution in [3.05, 3.63) is 234 Å². The van der Waals surface area contributed by atoms with Crippen LogP contribution in [0.5, 0.6) is 5.75 Å². The highest BCUT2D eigenvalue weighted by atomic mass is 16.7. The lowest BCUT2D eigenvalue weighted by molar-refractivity contribution is -0.303. The Balaban J connectivity index is 1.10. The second kappa shape index (κ2) is 26.6. The maximum atomic E-state index is 12.5. The summed E-state index contributed by atoms with van der Waals surface area (Å²) in [6.07, 6.45) is -7.05. The molecule has 0 radical (unpaired) electrons. The van der Waals surface area contributed by atoms with Crippen molar-refractivity contribution in [1.82, 2.24) is 5.32 Å². The quantitative estimate of drug-likeness (QED) is 0.0564.